The second kappa shape index (κ2) is 20.7. The third-order valence-electron chi connectivity index (χ3n) is 6.80. The van der Waals surface area contributed by atoms with Gasteiger partial charge in [0.15, 0.2) is 0 Å². The molecule has 2 aliphatic rings. The summed E-state index contributed by atoms with van der Waals surface area (Å²) in [5, 5.41) is 0. The highest BCUT2D eigenvalue weighted by atomic mass is 16.6. The predicted octanol–water partition coefficient (Wildman–Crippen LogP) is 6.43. The molecular formula is C34H68O8. The van der Waals surface area contributed by atoms with Gasteiger partial charge in [-0.25, -0.2) is 0 Å². The first-order valence-corrected chi connectivity index (χ1v) is 16.4. The maximum atomic E-state index is 5.94. The van der Waals surface area contributed by atoms with Gasteiger partial charge in [-0.3, -0.25) is 0 Å². The van der Waals surface area contributed by atoms with E-state index in [1.807, 2.05) is 0 Å². The van der Waals surface area contributed by atoms with E-state index in [1.165, 1.54) is 0 Å². The van der Waals surface area contributed by atoms with Crippen molar-refractivity contribution in [2.45, 2.75) is 120 Å². The minimum atomic E-state index is 0.0229. The molecule has 2 fully saturated rings. The summed E-state index contributed by atoms with van der Waals surface area (Å²) in [6, 6.07) is 0. The molecule has 0 bridgehead atoms. The van der Waals surface area contributed by atoms with E-state index in [2.05, 4.69) is 83.1 Å². The summed E-state index contributed by atoms with van der Waals surface area (Å²) in [4.78, 5) is 0. The zero-order chi connectivity index (χ0) is 31.8. The normalized spacial score (nSPS) is 20.3. The van der Waals surface area contributed by atoms with Crippen LogP contribution in [0.15, 0.2) is 0 Å². The molecular weight excluding hydrogens is 536 g/mol. The van der Waals surface area contributed by atoms with Crippen molar-refractivity contribution in [3.63, 3.8) is 0 Å². The van der Waals surface area contributed by atoms with Gasteiger partial charge in [0.25, 0.3) is 0 Å². The van der Waals surface area contributed by atoms with E-state index in [4.69, 9.17) is 37.9 Å². The van der Waals surface area contributed by atoms with Crippen LogP contribution in [0.4, 0.5) is 0 Å². The maximum Gasteiger partial charge on any atom is 0.104 e. The molecule has 0 aromatic heterocycles. The Kier molecular flexibility index (Phi) is 19.5. The number of epoxide rings is 2. The second-order valence-corrected chi connectivity index (χ2v) is 15.1. The van der Waals surface area contributed by atoms with E-state index in [1.54, 1.807) is 0 Å². The summed E-state index contributed by atoms with van der Waals surface area (Å²) in [6.07, 6.45) is 2.40. The van der Waals surface area contributed by atoms with Gasteiger partial charge >= 0.3 is 0 Å². The molecule has 0 aliphatic carbocycles. The van der Waals surface area contributed by atoms with Crippen LogP contribution in [-0.4, -0.2) is 103 Å². The molecule has 2 heterocycles. The van der Waals surface area contributed by atoms with E-state index in [0.717, 1.165) is 32.8 Å². The highest BCUT2D eigenvalue weighted by molar-refractivity contribution is 4.73. The quantitative estimate of drug-likeness (QED) is 0.117. The number of rotatable bonds is 24. The maximum absolute atomic E-state index is 5.94. The van der Waals surface area contributed by atoms with Crippen molar-refractivity contribution < 1.29 is 37.9 Å². The van der Waals surface area contributed by atoms with Crippen LogP contribution in [-0.2, 0) is 37.9 Å². The molecule has 0 aromatic carbocycles. The van der Waals surface area contributed by atoms with Crippen molar-refractivity contribution in [1.29, 1.82) is 0 Å². The summed E-state index contributed by atoms with van der Waals surface area (Å²) in [5.41, 5.74) is 0.0599. The van der Waals surface area contributed by atoms with Gasteiger partial charge < -0.3 is 37.9 Å². The Hall–Kier alpha value is -0.320. The van der Waals surface area contributed by atoms with Gasteiger partial charge in [0, 0.05) is 16.7 Å². The Balaban J connectivity index is 0.000000420. The van der Waals surface area contributed by atoms with E-state index < -0.39 is 0 Å². The van der Waals surface area contributed by atoms with Crippen LogP contribution in [0.1, 0.15) is 89.5 Å². The molecule has 252 valence electrons. The van der Waals surface area contributed by atoms with E-state index in [-0.39, 0.29) is 29.1 Å². The van der Waals surface area contributed by atoms with Crippen LogP contribution in [0.3, 0.4) is 0 Å². The fourth-order valence-electron chi connectivity index (χ4n) is 4.12. The standard InChI is InChI=1S/2C17H34O4/c1-13(2)15(8-20-14(3)4)7-18-11-17(5,6)12-19-9-16-10-21-16;1-13(2)7-15(21-14(3)4)8-18-11-17(5,6)12-19-9-16-10-20-16/h2*13-16H,7-12H2,1-6H3. The summed E-state index contributed by atoms with van der Waals surface area (Å²) in [5.74, 6) is 1.63. The van der Waals surface area contributed by atoms with Crippen LogP contribution in [0.5, 0.6) is 0 Å². The molecule has 0 N–H and O–H groups in total. The molecule has 0 radical (unpaired) electrons. The Labute approximate surface area is 259 Å². The summed E-state index contributed by atoms with van der Waals surface area (Å²) < 4.78 is 45.1. The first-order valence-electron chi connectivity index (χ1n) is 16.4. The molecule has 2 aliphatic heterocycles. The van der Waals surface area contributed by atoms with Crippen LogP contribution in [0.25, 0.3) is 0 Å². The largest absolute Gasteiger partial charge is 0.380 e. The molecule has 4 unspecified atom stereocenters. The Morgan fingerprint density at radius 1 is 0.619 bits per heavy atom. The zero-order valence-electron chi connectivity index (χ0n) is 29.4. The van der Waals surface area contributed by atoms with Crippen molar-refractivity contribution in [2.24, 2.45) is 28.6 Å². The molecule has 8 heteroatoms. The van der Waals surface area contributed by atoms with Gasteiger partial charge in [0.2, 0.25) is 0 Å². The monoisotopic (exact) mass is 604 g/mol. The second-order valence-electron chi connectivity index (χ2n) is 15.1. The van der Waals surface area contributed by atoms with Crippen molar-refractivity contribution in [3.05, 3.63) is 0 Å². The van der Waals surface area contributed by atoms with Gasteiger partial charge in [0.1, 0.15) is 12.2 Å². The summed E-state index contributed by atoms with van der Waals surface area (Å²) in [7, 11) is 0. The molecule has 0 saturated carbocycles. The van der Waals surface area contributed by atoms with Crippen LogP contribution in [0.2, 0.25) is 0 Å². The van der Waals surface area contributed by atoms with Gasteiger partial charge in [-0.2, -0.15) is 0 Å². The highest BCUT2D eigenvalue weighted by Crippen LogP contribution is 2.21. The molecule has 42 heavy (non-hydrogen) atoms. The first kappa shape index (κ1) is 39.7. The lowest BCUT2D eigenvalue weighted by atomic mass is 9.95. The molecule has 0 aromatic rings. The SMILES string of the molecule is CC(C)CC(COCC(C)(C)COCC1CO1)OC(C)C.CC(C)OCC(COCC(C)(C)COCC1CO1)C(C)C. The van der Waals surface area contributed by atoms with Gasteiger partial charge in [-0.1, -0.05) is 55.4 Å². The lowest BCUT2D eigenvalue weighted by molar-refractivity contribution is -0.0747. The van der Waals surface area contributed by atoms with E-state index in [0.29, 0.717) is 76.2 Å². The Bertz CT molecular complexity index is 646. The third kappa shape index (κ3) is 23.1. The zero-order valence-corrected chi connectivity index (χ0v) is 29.4. The third-order valence-corrected chi connectivity index (χ3v) is 6.80. The van der Waals surface area contributed by atoms with Crippen LogP contribution >= 0.6 is 0 Å². The fourth-order valence-corrected chi connectivity index (χ4v) is 4.12. The number of ether oxygens (including phenoxy) is 8. The summed E-state index contributed by atoms with van der Waals surface area (Å²) >= 11 is 0. The van der Waals surface area contributed by atoms with Crippen molar-refractivity contribution in [2.75, 3.05) is 72.7 Å². The molecule has 0 amide bonds. The Morgan fingerprint density at radius 3 is 1.45 bits per heavy atom. The van der Waals surface area contributed by atoms with Gasteiger partial charge in [-0.15, -0.1) is 0 Å². The van der Waals surface area contributed by atoms with Crippen LogP contribution in [0, 0.1) is 28.6 Å². The topological polar surface area (TPSA) is 80.4 Å². The summed E-state index contributed by atoms with van der Waals surface area (Å²) in [6.45, 7) is 34.0. The van der Waals surface area contributed by atoms with E-state index in [9.17, 15) is 0 Å². The minimum absolute atomic E-state index is 0.0229. The Morgan fingerprint density at radius 2 is 1.07 bits per heavy atom. The molecule has 8 nitrogen and oxygen atoms in total. The molecule has 2 rings (SSSR count). The predicted molar refractivity (Wildman–Crippen MR) is 169 cm³/mol. The molecule has 0 spiro atoms. The van der Waals surface area contributed by atoms with Gasteiger partial charge in [-0.05, 0) is 46.0 Å². The highest BCUT2D eigenvalue weighted by Gasteiger charge is 2.27. The smallest absolute Gasteiger partial charge is 0.104 e. The van der Waals surface area contributed by atoms with Crippen molar-refractivity contribution in [1.82, 2.24) is 0 Å². The average molecular weight is 605 g/mol. The fraction of sp³-hybridized carbons (Fsp3) is 1.00. The number of hydrogen-bond donors (Lipinski definition) is 0. The molecule has 2 saturated heterocycles. The average Bonchev–Trinajstić information content (AvgIpc) is 3.76. The van der Waals surface area contributed by atoms with E-state index >= 15 is 0 Å². The van der Waals surface area contributed by atoms with Crippen LogP contribution < -0.4 is 0 Å². The first-order chi connectivity index (χ1) is 19.6. The van der Waals surface area contributed by atoms with Crippen molar-refractivity contribution in [3.8, 4) is 0 Å². The van der Waals surface area contributed by atoms with Crippen molar-refractivity contribution >= 4 is 0 Å². The lowest BCUT2D eigenvalue weighted by Crippen LogP contribution is -2.31. The number of hydrogen-bond acceptors (Lipinski definition) is 8. The molecule has 4 atom stereocenters. The minimum Gasteiger partial charge on any atom is -0.380 e. The lowest BCUT2D eigenvalue weighted by Gasteiger charge is -2.27. The van der Waals surface area contributed by atoms with Gasteiger partial charge in [0.05, 0.1) is 91.0 Å².